The third-order valence-electron chi connectivity index (χ3n) is 4.25. The quantitative estimate of drug-likeness (QED) is 0.931. The van der Waals surface area contributed by atoms with Gasteiger partial charge in [-0.3, -0.25) is 0 Å². The molecule has 108 valence electrons. The fraction of sp³-hybridized carbons (Fsp3) is 0.333. The van der Waals surface area contributed by atoms with Crippen molar-refractivity contribution in [1.82, 2.24) is 5.32 Å². The van der Waals surface area contributed by atoms with Gasteiger partial charge in [0.25, 0.3) is 0 Å². The Morgan fingerprint density at radius 3 is 2.24 bits per heavy atom. The van der Waals surface area contributed by atoms with Crippen LogP contribution in [0.5, 0.6) is 11.5 Å². The van der Waals surface area contributed by atoms with Gasteiger partial charge in [0, 0.05) is 24.3 Å². The van der Waals surface area contributed by atoms with Crippen molar-refractivity contribution in [2.75, 3.05) is 13.2 Å². The second-order valence-electron chi connectivity index (χ2n) is 5.65. The van der Waals surface area contributed by atoms with Gasteiger partial charge >= 0.3 is 0 Å². The van der Waals surface area contributed by atoms with Crippen molar-refractivity contribution < 1.29 is 9.47 Å². The van der Waals surface area contributed by atoms with E-state index in [1.807, 2.05) is 24.3 Å². The van der Waals surface area contributed by atoms with Crippen LogP contribution in [0.15, 0.2) is 48.5 Å². The normalized spacial score (nSPS) is 20.7. The predicted octanol–water partition coefficient (Wildman–Crippen LogP) is 3.65. The highest BCUT2D eigenvalue weighted by atomic mass is 16.5. The van der Waals surface area contributed by atoms with Crippen LogP contribution in [0.1, 0.15) is 30.0 Å². The lowest BCUT2D eigenvalue weighted by atomic mass is 9.94. The first kappa shape index (κ1) is 12.9. The fourth-order valence-electron chi connectivity index (χ4n) is 3.18. The Kier molecular flexibility index (Phi) is 3.37. The van der Waals surface area contributed by atoms with E-state index in [0.29, 0.717) is 6.10 Å². The molecule has 0 radical (unpaired) electrons. The maximum Gasteiger partial charge on any atom is 0.132 e. The van der Waals surface area contributed by atoms with Crippen LogP contribution >= 0.6 is 0 Å². The molecule has 0 aromatic heterocycles. The zero-order valence-corrected chi connectivity index (χ0v) is 11.9. The van der Waals surface area contributed by atoms with E-state index in [1.165, 1.54) is 17.5 Å². The highest BCUT2D eigenvalue weighted by Crippen LogP contribution is 2.42. The molecule has 2 heterocycles. The van der Waals surface area contributed by atoms with Gasteiger partial charge in [0.2, 0.25) is 0 Å². The van der Waals surface area contributed by atoms with Crippen molar-refractivity contribution in [3.05, 3.63) is 59.7 Å². The summed E-state index contributed by atoms with van der Waals surface area (Å²) in [5.74, 6) is 1.89. The molecule has 0 amide bonds. The lowest BCUT2D eigenvalue weighted by Gasteiger charge is -2.29. The van der Waals surface area contributed by atoms with Crippen LogP contribution in [-0.4, -0.2) is 19.3 Å². The van der Waals surface area contributed by atoms with Gasteiger partial charge in [-0.15, -0.1) is 0 Å². The largest absolute Gasteiger partial charge is 0.457 e. The SMILES string of the molecule is c1ccc2c(c1)Oc1ccccc1C2NCC1CCCO1. The predicted molar refractivity (Wildman–Crippen MR) is 81.8 cm³/mol. The molecule has 2 aliphatic heterocycles. The minimum atomic E-state index is 0.176. The molecule has 1 atom stereocenters. The number of hydrogen-bond donors (Lipinski definition) is 1. The van der Waals surface area contributed by atoms with Gasteiger partial charge in [-0.25, -0.2) is 0 Å². The minimum absolute atomic E-state index is 0.176. The van der Waals surface area contributed by atoms with Crippen LogP contribution < -0.4 is 10.1 Å². The molecule has 0 aliphatic carbocycles. The average molecular weight is 281 g/mol. The second-order valence-corrected chi connectivity index (χ2v) is 5.65. The molecule has 2 aromatic rings. The smallest absolute Gasteiger partial charge is 0.132 e. The third kappa shape index (κ3) is 2.43. The van der Waals surface area contributed by atoms with Crippen molar-refractivity contribution in [1.29, 1.82) is 0 Å². The summed E-state index contributed by atoms with van der Waals surface area (Å²) in [6.45, 7) is 1.78. The molecule has 2 aliphatic rings. The van der Waals surface area contributed by atoms with Crippen molar-refractivity contribution in [2.24, 2.45) is 0 Å². The van der Waals surface area contributed by atoms with Crippen molar-refractivity contribution in [3.63, 3.8) is 0 Å². The molecule has 1 saturated heterocycles. The molecule has 21 heavy (non-hydrogen) atoms. The Bertz CT molecular complexity index is 589. The molecular formula is C18H19NO2. The summed E-state index contributed by atoms with van der Waals surface area (Å²) in [4.78, 5) is 0. The Balaban J connectivity index is 1.64. The van der Waals surface area contributed by atoms with Crippen molar-refractivity contribution in [2.45, 2.75) is 25.0 Å². The zero-order valence-electron chi connectivity index (χ0n) is 11.9. The molecule has 1 unspecified atom stereocenters. The lowest BCUT2D eigenvalue weighted by Crippen LogP contribution is -2.32. The number of ether oxygens (including phenoxy) is 2. The van der Waals surface area contributed by atoms with Gasteiger partial charge in [0.15, 0.2) is 0 Å². The summed E-state index contributed by atoms with van der Waals surface area (Å²) in [6, 6.07) is 16.7. The summed E-state index contributed by atoms with van der Waals surface area (Å²) in [5, 5.41) is 3.67. The Morgan fingerprint density at radius 1 is 0.952 bits per heavy atom. The Hall–Kier alpha value is -1.84. The minimum Gasteiger partial charge on any atom is -0.457 e. The molecule has 1 fully saturated rings. The highest BCUT2D eigenvalue weighted by Gasteiger charge is 2.27. The van der Waals surface area contributed by atoms with E-state index in [0.717, 1.165) is 31.1 Å². The van der Waals surface area contributed by atoms with Crippen LogP contribution in [0.4, 0.5) is 0 Å². The van der Waals surface area contributed by atoms with Crippen LogP contribution in [0.2, 0.25) is 0 Å². The van der Waals surface area contributed by atoms with Gasteiger partial charge in [-0.2, -0.15) is 0 Å². The summed E-state index contributed by atoms with van der Waals surface area (Å²) >= 11 is 0. The van der Waals surface area contributed by atoms with Gasteiger partial charge in [-0.1, -0.05) is 36.4 Å². The van der Waals surface area contributed by atoms with E-state index in [9.17, 15) is 0 Å². The van der Waals surface area contributed by atoms with E-state index in [4.69, 9.17) is 9.47 Å². The topological polar surface area (TPSA) is 30.5 Å². The van der Waals surface area contributed by atoms with E-state index < -0.39 is 0 Å². The molecule has 0 bridgehead atoms. The van der Waals surface area contributed by atoms with Crippen LogP contribution in [0.25, 0.3) is 0 Å². The maximum absolute atomic E-state index is 6.01. The van der Waals surface area contributed by atoms with Crippen LogP contribution in [0, 0.1) is 0 Å². The maximum atomic E-state index is 6.01. The Labute approximate surface area is 124 Å². The van der Waals surface area contributed by atoms with E-state index in [-0.39, 0.29) is 6.04 Å². The average Bonchev–Trinajstić information content (AvgIpc) is 3.05. The van der Waals surface area contributed by atoms with Crippen LogP contribution in [0.3, 0.4) is 0 Å². The summed E-state index contributed by atoms with van der Waals surface area (Å²) in [5.41, 5.74) is 2.41. The van der Waals surface area contributed by atoms with E-state index >= 15 is 0 Å². The molecular weight excluding hydrogens is 262 g/mol. The second kappa shape index (κ2) is 5.51. The van der Waals surface area contributed by atoms with Gasteiger partial charge in [0.1, 0.15) is 11.5 Å². The molecule has 4 rings (SSSR count). The monoisotopic (exact) mass is 281 g/mol. The first-order chi connectivity index (χ1) is 10.4. The summed E-state index contributed by atoms with van der Waals surface area (Å²) < 4.78 is 11.7. The summed E-state index contributed by atoms with van der Waals surface area (Å²) in [6.07, 6.45) is 2.67. The van der Waals surface area contributed by atoms with E-state index in [1.54, 1.807) is 0 Å². The molecule has 0 spiro atoms. The number of fused-ring (bicyclic) bond motifs is 2. The Morgan fingerprint density at radius 2 is 1.62 bits per heavy atom. The standard InChI is InChI=1S/C18H19NO2/c1-3-9-16-14(7-1)18(19-12-13-6-5-11-20-13)15-8-2-4-10-17(15)21-16/h1-4,7-10,13,18-19H,5-6,11-12H2. The first-order valence-electron chi connectivity index (χ1n) is 7.62. The van der Waals surface area contributed by atoms with E-state index in [2.05, 4.69) is 29.6 Å². The number of nitrogens with one attached hydrogen (secondary N) is 1. The van der Waals surface area contributed by atoms with Gasteiger partial charge in [0.05, 0.1) is 12.1 Å². The number of para-hydroxylation sites is 2. The van der Waals surface area contributed by atoms with Crippen molar-refractivity contribution in [3.8, 4) is 11.5 Å². The lowest BCUT2D eigenvalue weighted by molar-refractivity contribution is 0.108. The van der Waals surface area contributed by atoms with Gasteiger partial charge < -0.3 is 14.8 Å². The highest BCUT2D eigenvalue weighted by molar-refractivity contribution is 5.52. The molecule has 3 nitrogen and oxygen atoms in total. The van der Waals surface area contributed by atoms with Gasteiger partial charge in [-0.05, 0) is 25.0 Å². The van der Waals surface area contributed by atoms with Crippen LogP contribution in [-0.2, 0) is 4.74 Å². The zero-order chi connectivity index (χ0) is 14.1. The first-order valence-corrected chi connectivity index (χ1v) is 7.62. The number of hydrogen-bond acceptors (Lipinski definition) is 3. The summed E-state index contributed by atoms with van der Waals surface area (Å²) in [7, 11) is 0. The molecule has 2 aromatic carbocycles. The fourth-order valence-corrected chi connectivity index (χ4v) is 3.18. The molecule has 1 N–H and O–H groups in total. The number of benzene rings is 2. The molecule has 0 saturated carbocycles. The molecule has 3 heteroatoms. The number of rotatable bonds is 3. The third-order valence-corrected chi connectivity index (χ3v) is 4.25. The van der Waals surface area contributed by atoms with Crippen molar-refractivity contribution >= 4 is 0 Å².